The number of nitrogens with one attached hydrogen (secondary N) is 1. The Morgan fingerprint density at radius 1 is 1.47 bits per heavy atom. The maximum absolute atomic E-state index is 4.73. The summed E-state index contributed by atoms with van der Waals surface area (Å²) in [5.41, 5.74) is 2.31. The molecule has 1 aliphatic heterocycles. The molecule has 2 atom stereocenters. The monoisotopic (exact) mass is 278 g/mol. The summed E-state index contributed by atoms with van der Waals surface area (Å²) in [6.07, 6.45) is 7.55. The zero-order valence-corrected chi connectivity index (χ0v) is 12.5. The molecular weight excluding hydrogens is 256 g/mol. The van der Waals surface area contributed by atoms with Gasteiger partial charge in [-0.25, -0.2) is 0 Å². The van der Waals surface area contributed by atoms with Gasteiger partial charge in [0.2, 0.25) is 0 Å². The standard InChI is InChI=1S/C14H22N4S/c1-10-12(8-18(2)17-10)7-15-14-16-13-6-4-3-5-11(13)9-19-14/h8,11,13H,3-7,9H2,1-2H3,(H,15,16). The van der Waals surface area contributed by atoms with Crippen molar-refractivity contribution in [1.29, 1.82) is 0 Å². The summed E-state index contributed by atoms with van der Waals surface area (Å²) in [4.78, 5) is 4.73. The van der Waals surface area contributed by atoms with Gasteiger partial charge in [0.15, 0.2) is 5.17 Å². The van der Waals surface area contributed by atoms with E-state index >= 15 is 0 Å². The molecule has 2 aliphatic rings. The van der Waals surface area contributed by atoms with Gasteiger partial charge in [-0.15, -0.1) is 0 Å². The molecule has 1 saturated heterocycles. The molecule has 5 heteroatoms. The molecule has 1 aromatic heterocycles. The van der Waals surface area contributed by atoms with Crippen molar-refractivity contribution in [3.63, 3.8) is 0 Å². The molecule has 4 nitrogen and oxygen atoms in total. The van der Waals surface area contributed by atoms with Gasteiger partial charge in [-0.1, -0.05) is 24.6 Å². The second-order valence-corrected chi connectivity index (χ2v) is 6.65. The summed E-state index contributed by atoms with van der Waals surface area (Å²) >= 11 is 1.89. The lowest BCUT2D eigenvalue weighted by molar-refractivity contribution is 0.311. The lowest BCUT2D eigenvalue weighted by atomic mass is 9.86. The smallest absolute Gasteiger partial charge is 0.157 e. The van der Waals surface area contributed by atoms with E-state index in [9.17, 15) is 0 Å². The number of hydrogen-bond acceptors (Lipinski definition) is 3. The average molecular weight is 278 g/mol. The number of hydrogen-bond donors (Lipinski definition) is 1. The van der Waals surface area contributed by atoms with Crippen molar-refractivity contribution in [2.75, 3.05) is 5.75 Å². The highest BCUT2D eigenvalue weighted by molar-refractivity contribution is 8.13. The van der Waals surface area contributed by atoms with Crippen LogP contribution in [0, 0.1) is 12.8 Å². The number of rotatable bonds is 2. The fraction of sp³-hybridized carbons (Fsp3) is 0.714. The summed E-state index contributed by atoms with van der Waals surface area (Å²) in [7, 11) is 1.96. The molecule has 104 valence electrons. The van der Waals surface area contributed by atoms with Gasteiger partial charge in [0.1, 0.15) is 0 Å². The van der Waals surface area contributed by atoms with E-state index in [1.165, 1.54) is 37.0 Å². The molecule has 3 rings (SSSR count). The number of aryl methyl sites for hydroxylation is 2. The van der Waals surface area contributed by atoms with Gasteiger partial charge in [0.25, 0.3) is 0 Å². The molecule has 1 aliphatic carbocycles. The van der Waals surface area contributed by atoms with E-state index in [0.29, 0.717) is 6.04 Å². The largest absolute Gasteiger partial charge is 0.362 e. The van der Waals surface area contributed by atoms with E-state index < -0.39 is 0 Å². The Balaban J connectivity index is 1.63. The van der Waals surface area contributed by atoms with Crippen LogP contribution in [-0.2, 0) is 13.6 Å². The molecule has 1 aromatic rings. The zero-order chi connectivity index (χ0) is 13.2. The maximum Gasteiger partial charge on any atom is 0.157 e. The number of aliphatic imine (C=N–C) groups is 1. The first-order valence-corrected chi connectivity index (χ1v) is 8.14. The minimum atomic E-state index is 0.670. The Bertz CT molecular complexity index is 480. The van der Waals surface area contributed by atoms with Gasteiger partial charge in [0.05, 0.1) is 12.2 Å². The van der Waals surface area contributed by atoms with Crippen LogP contribution in [0.4, 0.5) is 0 Å². The van der Waals surface area contributed by atoms with E-state index in [1.807, 2.05) is 30.4 Å². The quantitative estimate of drug-likeness (QED) is 0.903. The first kappa shape index (κ1) is 13.0. The van der Waals surface area contributed by atoms with Crippen LogP contribution in [0.1, 0.15) is 36.9 Å². The van der Waals surface area contributed by atoms with Gasteiger partial charge in [-0.3, -0.25) is 9.67 Å². The minimum Gasteiger partial charge on any atom is -0.362 e. The van der Waals surface area contributed by atoms with Gasteiger partial charge >= 0.3 is 0 Å². The lowest BCUT2D eigenvalue weighted by Gasteiger charge is -2.36. The fourth-order valence-corrected chi connectivity index (χ4v) is 4.20. The van der Waals surface area contributed by atoms with Crippen LogP contribution >= 0.6 is 11.8 Å². The van der Waals surface area contributed by atoms with Crippen LogP contribution in [0.15, 0.2) is 11.2 Å². The van der Waals surface area contributed by atoms with Gasteiger partial charge in [-0.2, -0.15) is 5.10 Å². The first-order chi connectivity index (χ1) is 9.22. The molecule has 2 unspecified atom stereocenters. The second-order valence-electron chi connectivity index (χ2n) is 5.64. The van der Waals surface area contributed by atoms with Gasteiger partial charge < -0.3 is 5.32 Å². The highest BCUT2D eigenvalue weighted by Crippen LogP contribution is 2.31. The molecule has 1 N–H and O–H groups in total. The molecule has 0 bridgehead atoms. The summed E-state index contributed by atoms with van der Waals surface area (Å²) in [6, 6.07) is 0.670. The normalized spacial score (nSPS) is 29.1. The number of aromatic nitrogens is 2. The Morgan fingerprint density at radius 2 is 2.32 bits per heavy atom. The van der Waals surface area contributed by atoms with Crippen LogP contribution < -0.4 is 5.32 Å². The molecule has 1 saturated carbocycles. The topological polar surface area (TPSA) is 42.2 Å². The number of thioether (sulfide) groups is 1. The third-order valence-electron chi connectivity index (χ3n) is 4.16. The molecular formula is C14H22N4S. The molecule has 0 radical (unpaired) electrons. The van der Waals surface area contributed by atoms with Crippen LogP contribution in [0.5, 0.6) is 0 Å². The van der Waals surface area contributed by atoms with Crippen molar-refractivity contribution in [3.05, 3.63) is 17.5 Å². The molecule has 0 amide bonds. The van der Waals surface area contributed by atoms with Crippen LogP contribution in [-0.4, -0.2) is 26.7 Å². The summed E-state index contributed by atoms with van der Waals surface area (Å²) < 4.78 is 1.86. The third kappa shape index (κ3) is 2.96. The summed E-state index contributed by atoms with van der Waals surface area (Å²) in [5.74, 6) is 2.10. The first-order valence-electron chi connectivity index (χ1n) is 7.15. The fourth-order valence-electron chi connectivity index (χ4n) is 3.04. The van der Waals surface area contributed by atoms with Crippen molar-refractivity contribution >= 4 is 16.9 Å². The number of nitrogens with zero attached hydrogens (tertiary/aromatic N) is 3. The highest BCUT2D eigenvalue weighted by Gasteiger charge is 2.30. The molecule has 2 fully saturated rings. The number of fused-ring (bicyclic) bond motifs is 1. The Hall–Kier alpha value is -0.970. The van der Waals surface area contributed by atoms with E-state index in [4.69, 9.17) is 4.99 Å². The third-order valence-corrected chi connectivity index (χ3v) is 5.28. The van der Waals surface area contributed by atoms with E-state index in [1.54, 1.807) is 0 Å². The predicted octanol–water partition coefficient (Wildman–Crippen LogP) is 2.48. The predicted molar refractivity (Wildman–Crippen MR) is 80.4 cm³/mol. The van der Waals surface area contributed by atoms with E-state index in [-0.39, 0.29) is 0 Å². The van der Waals surface area contributed by atoms with Crippen LogP contribution in [0.2, 0.25) is 0 Å². The van der Waals surface area contributed by atoms with E-state index in [0.717, 1.165) is 23.3 Å². The minimum absolute atomic E-state index is 0.670. The van der Waals surface area contributed by atoms with Gasteiger partial charge in [-0.05, 0) is 25.7 Å². The average Bonchev–Trinajstić information content (AvgIpc) is 2.74. The lowest BCUT2D eigenvalue weighted by Crippen LogP contribution is -2.46. The van der Waals surface area contributed by atoms with Gasteiger partial charge in [0, 0.05) is 30.6 Å². The summed E-state index contributed by atoms with van der Waals surface area (Å²) in [5, 5.41) is 9.13. The highest BCUT2D eigenvalue weighted by atomic mass is 32.2. The van der Waals surface area contributed by atoms with Crippen LogP contribution in [0.25, 0.3) is 0 Å². The second kappa shape index (κ2) is 5.57. The van der Waals surface area contributed by atoms with Crippen molar-refractivity contribution in [2.24, 2.45) is 18.0 Å². The van der Waals surface area contributed by atoms with Crippen molar-refractivity contribution in [1.82, 2.24) is 15.1 Å². The maximum atomic E-state index is 4.73. The van der Waals surface area contributed by atoms with Crippen molar-refractivity contribution in [3.8, 4) is 0 Å². The summed E-state index contributed by atoms with van der Waals surface area (Å²) in [6.45, 7) is 2.79. The Morgan fingerprint density at radius 3 is 3.11 bits per heavy atom. The Labute approximate surface area is 119 Å². The van der Waals surface area contributed by atoms with Crippen molar-refractivity contribution in [2.45, 2.75) is 45.2 Å². The molecule has 0 spiro atoms. The van der Waals surface area contributed by atoms with E-state index in [2.05, 4.69) is 16.6 Å². The number of amidine groups is 1. The molecule has 0 aromatic carbocycles. The van der Waals surface area contributed by atoms with Crippen molar-refractivity contribution < 1.29 is 0 Å². The zero-order valence-electron chi connectivity index (χ0n) is 11.7. The molecule has 19 heavy (non-hydrogen) atoms. The van der Waals surface area contributed by atoms with Crippen LogP contribution in [0.3, 0.4) is 0 Å². The Kier molecular flexibility index (Phi) is 3.82. The SMILES string of the molecule is Cc1nn(C)cc1CN=C1NC2CCCCC2CS1. The molecule has 2 heterocycles.